The van der Waals surface area contributed by atoms with Crippen LogP contribution in [0.3, 0.4) is 0 Å². The minimum Gasteiger partial charge on any atom is -0.467 e. The van der Waals surface area contributed by atoms with Crippen molar-refractivity contribution in [2.75, 3.05) is 53.3 Å². The highest BCUT2D eigenvalue weighted by Crippen LogP contribution is 2.30. The minimum absolute atomic E-state index is 0.0381. The number of nitrogens with one attached hydrogen (secondary N) is 4. The van der Waals surface area contributed by atoms with E-state index < -0.39 is 60.1 Å². The number of anilines is 1. The van der Waals surface area contributed by atoms with Crippen molar-refractivity contribution in [2.24, 2.45) is 17.8 Å². The van der Waals surface area contributed by atoms with Crippen LogP contribution in [0.15, 0.2) is 36.4 Å². The maximum atomic E-state index is 14.2. The average molecular weight is 926 g/mol. The highest BCUT2D eigenvalue weighted by Gasteiger charge is 2.43. The Kier molecular flexibility index (Phi) is 22.4. The largest absolute Gasteiger partial charge is 0.467 e. The highest BCUT2D eigenvalue weighted by atomic mass is 16.5. The summed E-state index contributed by atoms with van der Waals surface area (Å²) in [6.07, 6.45) is 5.46. The van der Waals surface area contributed by atoms with E-state index in [0.29, 0.717) is 62.7 Å². The Labute approximate surface area is 388 Å². The molecule has 8 amide bonds. The molecule has 1 aromatic rings. The van der Waals surface area contributed by atoms with Crippen molar-refractivity contribution >= 4 is 59.4 Å². The zero-order chi connectivity index (χ0) is 49.1. The van der Waals surface area contributed by atoms with Gasteiger partial charge in [-0.25, -0.2) is 4.79 Å². The van der Waals surface area contributed by atoms with E-state index in [4.69, 9.17) is 14.2 Å². The van der Waals surface area contributed by atoms with Crippen molar-refractivity contribution in [3.63, 3.8) is 0 Å². The fraction of sp³-hybridized carbons (Fsp3) is 0.638. The number of esters is 1. The number of likely N-dealkylation sites (N-methyl/N-ethyl adjacent to an activating group) is 1. The third-order valence-corrected chi connectivity index (χ3v) is 12.6. The van der Waals surface area contributed by atoms with Crippen LogP contribution in [-0.4, -0.2) is 153 Å². The lowest BCUT2D eigenvalue weighted by Crippen LogP contribution is -2.57. The second-order valence-electron chi connectivity index (χ2n) is 17.4. The van der Waals surface area contributed by atoms with Crippen LogP contribution < -0.4 is 21.3 Å². The first-order valence-corrected chi connectivity index (χ1v) is 22.8. The van der Waals surface area contributed by atoms with Gasteiger partial charge in [0, 0.05) is 65.0 Å². The van der Waals surface area contributed by atoms with E-state index in [-0.39, 0.29) is 73.7 Å². The molecule has 0 aromatic heterocycles. The van der Waals surface area contributed by atoms with E-state index >= 15 is 0 Å². The summed E-state index contributed by atoms with van der Waals surface area (Å²) in [7, 11) is 5.87. The minimum atomic E-state index is -1.07. The molecule has 2 aliphatic rings. The quantitative estimate of drug-likeness (QED) is 0.0409. The Bertz CT molecular complexity index is 1860. The SMILES string of the molecule is CC[C@H](C)[C@@H]([C@@H](CC(=O)N1CCC[C@H]1[C@H](OC)[C@@H](C)C(=O)N[C@@H](Cc1ccc(NC(=O)CNC(=O)CCCCCN2C(=O)C=CC2=O)cc1)C(=O)OC)OC)N(C)C(=O)[C@@H](NC=O)C(C)C. The summed E-state index contributed by atoms with van der Waals surface area (Å²) < 4.78 is 16.9. The first kappa shape index (κ1) is 54.6. The van der Waals surface area contributed by atoms with Gasteiger partial charge in [-0.15, -0.1) is 0 Å². The maximum absolute atomic E-state index is 14.2. The standard InChI is InChI=1S/C47H71N7O12/c1-10-30(4)43(52(6)46(62)42(29(2)3)49-28-55)36(64-7)26-41(60)53-24-14-15-35(53)44(65-8)31(5)45(61)51-34(47(63)66-9)25-32-17-19-33(20-18-32)50-38(57)27-48-37(56)16-12-11-13-23-54-39(58)21-22-40(54)59/h17-22,28-31,34-36,42-44H,10-16,23-27H2,1-9H3,(H,48,56)(H,49,55)(H,50,57)(H,51,61)/t30-,31+,34-,35-,36+,42-,43-,44+/m0/s1. The van der Waals surface area contributed by atoms with Crippen LogP contribution in [0.2, 0.25) is 0 Å². The van der Waals surface area contributed by atoms with Gasteiger partial charge in [0.25, 0.3) is 11.8 Å². The predicted molar refractivity (Wildman–Crippen MR) is 244 cm³/mol. The van der Waals surface area contributed by atoms with Gasteiger partial charge in [-0.3, -0.25) is 43.3 Å². The summed E-state index contributed by atoms with van der Waals surface area (Å²) in [4.78, 5) is 119. The lowest BCUT2D eigenvalue weighted by Gasteiger charge is -2.40. The summed E-state index contributed by atoms with van der Waals surface area (Å²) >= 11 is 0. The summed E-state index contributed by atoms with van der Waals surface area (Å²) in [5.41, 5.74) is 1.11. The van der Waals surface area contributed by atoms with Gasteiger partial charge in [0.2, 0.25) is 35.9 Å². The molecule has 0 aliphatic carbocycles. The van der Waals surface area contributed by atoms with Crippen LogP contribution in [0.25, 0.3) is 0 Å². The lowest BCUT2D eigenvalue weighted by molar-refractivity contribution is -0.148. The molecule has 0 spiro atoms. The number of likely N-dealkylation sites (tertiary alicyclic amines) is 1. The van der Waals surface area contributed by atoms with Crippen molar-refractivity contribution in [2.45, 2.75) is 129 Å². The molecule has 0 radical (unpaired) electrons. The average Bonchev–Trinajstić information content (AvgIpc) is 3.92. The normalized spacial score (nSPS) is 17.9. The Morgan fingerprint density at radius 3 is 2.15 bits per heavy atom. The Morgan fingerprint density at radius 1 is 0.909 bits per heavy atom. The number of carbonyl (C=O) groups excluding carboxylic acids is 9. The van der Waals surface area contributed by atoms with Gasteiger partial charge in [-0.2, -0.15) is 0 Å². The first-order chi connectivity index (χ1) is 31.4. The molecule has 1 aromatic carbocycles. The topological polar surface area (TPSA) is 239 Å². The van der Waals surface area contributed by atoms with E-state index in [1.807, 2.05) is 27.7 Å². The second-order valence-corrected chi connectivity index (χ2v) is 17.4. The maximum Gasteiger partial charge on any atom is 0.328 e. The number of hydrogen-bond donors (Lipinski definition) is 4. The molecule has 0 saturated carbocycles. The molecule has 3 rings (SSSR count). The van der Waals surface area contributed by atoms with Crippen molar-refractivity contribution in [3.05, 3.63) is 42.0 Å². The number of methoxy groups -OCH3 is 3. The van der Waals surface area contributed by atoms with Crippen LogP contribution in [-0.2, 0) is 63.8 Å². The number of rotatable bonds is 28. The highest BCUT2D eigenvalue weighted by molar-refractivity contribution is 6.12. The Balaban J connectivity index is 1.58. The van der Waals surface area contributed by atoms with Crippen molar-refractivity contribution in [1.82, 2.24) is 30.7 Å². The summed E-state index contributed by atoms with van der Waals surface area (Å²) in [5, 5.41) is 10.7. The molecule has 1 fully saturated rings. The number of ether oxygens (including phenoxy) is 3. The van der Waals surface area contributed by atoms with Crippen molar-refractivity contribution in [1.29, 1.82) is 0 Å². The Morgan fingerprint density at radius 2 is 1.58 bits per heavy atom. The molecule has 0 bridgehead atoms. The smallest absolute Gasteiger partial charge is 0.328 e. The van der Waals surface area contributed by atoms with Crippen LogP contribution in [0.5, 0.6) is 0 Å². The molecule has 19 heteroatoms. The lowest BCUT2D eigenvalue weighted by atomic mass is 9.89. The van der Waals surface area contributed by atoms with Gasteiger partial charge in [0.1, 0.15) is 12.1 Å². The fourth-order valence-electron chi connectivity index (χ4n) is 8.60. The number of hydrogen-bond acceptors (Lipinski definition) is 12. The van der Waals surface area contributed by atoms with Crippen LogP contribution in [0, 0.1) is 17.8 Å². The molecule has 366 valence electrons. The van der Waals surface area contributed by atoms with Gasteiger partial charge < -0.3 is 45.3 Å². The third-order valence-electron chi connectivity index (χ3n) is 12.6. The fourth-order valence-corrected chi connectivity index (χ4v) is 8.60. The van der Waals surface area contributed by atoms with E-state index in [0.717, 1.165) is 4.90 Å². The second kappa shape index (κ2) is 27.1. The molecule has 8 atom stereocenters. The molecule has 19 nitrogen and oxygen atoms in total. The van der Waals surface area contributed by atoms with Gasteiger partial charge in [-0.1, -0.05) is 59.6 Å². The molecule has 0 unspecified atom stereocenters. The monoisotopic (exact) mass is 926 g/mol. The number of nitrogens with zero attached hydrogens (tertiary/aromatic N) is 3. The van der Waals surface area contributed by atoms with E-state index in [2.05, 4.69) is 21.3 Å². The van der Waals surface area contributed by atoms with E-state index in [9.17, 15) is 43.2 Å². The molecular weight excluding hydrogens is 855 g/mol. The van der Waals surface area contributed by atoms with Crippen LogP contribution in [0.1, 0.15) is 91.5 Å². The summed E-state index contributed by atoms with van der Waals surface area (Å²) in [5.74, 6) is -4.11. The number of unbranched alkanes of at least 4 members (excludes halogenated alkanes) is 2. The summed E-state index contributed by atoms with van der Waals surface area (Å²) in [6.45, 7) is 9.82. The number of amides is 8. The van der Waals surface area contributed by atoms with Crippen LogP contribution in [0.4, 0.5) is 5.69 Å². The Hall–Kier alpha value is -5.69. The zero-order valence-corrected chi connectivity index (χ0v) is 40.0. The third kappa shape index (κ3) is 15.5. The molecule has 4 N–H and O–H groups in total. The van der Waals surface area contributed by atoms with Gasteiger partial charge >= 0.3 is 5.97 Å². The predicted octanol–water partition coefficient (Wildman–Crippen LogP) is 2.12. The molecule has 2 heterocycles. The van der Waals surface area contributed by atoms with Gasteiger partial charge in [0.15, 0.2) is 0 Å². The first-order valence-electron chi connectivity index (χ1n) is 22.8. The zero-order valence-electron chi connectivity index (χ0n) is 40.0. The molecule has 2 aliphatic heterocycles. The number of benzene rings is 1. The van der Waals surface area contributed by atoms with Gasteiger partial charge in [0.05, 0.1) is 50.3 Å². The van der Waals surface area contributed by atoms with Gasteiger partial charge in [-0.05, 0) is 55.2 Å². The molecular formula is C47H71N7O12. The summed E-state index contributed by atoms with van der Waals surface area (Å²) in [6, 6.07) is 3.88. The molecule has 1 saturated heterocycles. The van der Waals surface area contributed by atoms with Crippen LogP contribution >= 0.6 is 0 Å². The van der Waals surface area contributed by atoms with E-state index in [1.54, 1.807) is 48.0 Å². The van der Waals surface area contributed by atoms with Crippen molar-refractivity contribution in [3.8, 4) is 0 Å². The van der Waals surface area contributed by atoms with E-state index in [1.165, 1.54) is 33.5 Å². The molecule has 66 heavy (non-hydrogen) atoms. The number of imide groups is 1. The number of carbonyl (C=O) groups is 9. The van der Waals surface area contributed by atoms with Crippen molar-refractivity contribution < 1.29 is 57.4 Å².